The highest BCUT2D eigenvalue weighted by molar-refractivity contribution is 7.98. The van der Waals surface area contributed by atoms with Gasteiger partial charge in [0.1, 0.15) is 4.90 Å². The lowest BCUT2D eigenvalue weighted by atomic mass is 10.4. The van der Waals surface area contributed by atoms with Crippen molar-refractivity contribution in [2.45, 2.75) is 24.8 Å². The molecule has 19 heavy (non-hydrogen) atoms. The van der Waals surface area contributed by atoms with Gasteiger partial charge in [-0.3, -0.25) is 0 Å². The first kappa shape index (κ1) is 16.2. The Labute approximate surface area is 119 Å². The summed E-state index contributed by atoms with van der Waals surface area (Å²) < 4.78 is 26.0. The van der Waals surface area contributed by atoms with Crippen LogP contribution in [0.3, 0.4) is 0 Å². The Morgan fingerprint density at radius 1 is 1.42 bits per heavy atom. The lowest BCUT2D eigenvalue weighted by molar-refractivity contribution is 0.414. The Morgan fingerprint density at radius 3 is 2.47 bits per heavy atom. The van der Waals surface area contributed by atoms with Crippen molar-refractivity contribution >= 4 is 27.7 Å². The van der Waals surface area contributed by atoms with Crippen LogP contribution >= 0.6 is 11.8 Å². The second-order valence-corrected chi connectivity index (χ2v) is 7.01. The predicted molar refractivity (Wildman–Crippen MR) is 79.0 cm³/mol. The molecular weight excluding hydrogens is 284 g/mol. The van der Waals surface area contributed by atoms with Crippen molar-refractivity contribution in [3.63, 3.8) is 0 Å². The largest absolute Gasteiger partial charge is 0.355 e. The molecule has 1 N–H and O–H groups in total. The summed E-state index contributed by atoms with van der Waals surface area (Å²) in [6.07, 6.45) is 4.62. The highest BCUT2D eigenvalue weighted by Gasteiger charge is 2.25. The van der Waals surface area contributed by atoms with Crippen LogP contribution in [0, 0.1) is 0 Å². The second kappa shape index (κ2) is 7.06. The van der Waals surface area contributed by atoms with Crippen molar-refractivity contribution in [1.82, 2.24) is 14.3 Å². The van der Waals surface area contributed by atoms with Crippen LogP contribution in [0.5, 0.6) is 0 Å². The maximum Gasteiger partial charge on any atom is 0.246 e. The lowest BCUT2D eigenvalue weighted by Gasteiger charge is -2.23. The summed E-state index contributed by atoms with van der Waals surface area (Å²) in [5.74, 6) is 1.17. The van der Waals surface area contributed by atoms with Crippen LogP contribution in [0.2, 0.25) is 0 Å². The summed E-state index contributed by atoms with van der Waals surface area (Å²) in [7, 11) is -1.95. The molecule has 0 spiro atoms. The third-order valence-electron chi connectivity index (χ3n) is 2.67. The van der Waals surface area contributed by atoms with E-state index >= 15 is 0 Å². The summed E-state index contributed by atoms with van der Waals surface area (Å²) in [6.45, 7) is 4.49. The highest BCUT2D eigenvalue weighted by atomic mass is 32.2. The first-order valence-corrected chi connectivity index (χ1v) is 8.79. The molecule has 8 heteroatoms. The van der Waals surface area contributed by atoms with Gasteiger partial charge in [-0.05, 0) is 20.1 Å². The minimum absolute atomic E-state index is 0.0755. The predicted octanol–water partition coefficient (Wildman–Crippen LogP) is 1.28. The van der Waals surface area contributed by atoms with Crippen LogP contribution in [0.15, 0.2) is 17.3 Å². The molecule has 0 fully saturated rings. The first-order chi connectivity index (χ1) is 8.93. The molecule has 0 aliphatic heterocycles. The van der Waals surface area contributed by atoms with E-state index in [1.807, 2.05) is 20.1 Å². The van der Waals surface area contributed by atoms with E-state index in [9.17, 15) is 8.42 Å². The van der Waals surface area contributed by atoms with Gasteiger partial charge in [0, 0.05) is 25.4 Å². The molecule has 1 rings (SSSR count). The number of sulfonamides is 1. The van der Waals surface area contributed by atoms with Crippen molar-refractivity contribution < 1.29 is 8.42 Å². The summed E-state index contributed by atoms with van der Waals surface area (Å²) in [5.41, 5.74) is 0. The zero-order chi connectivity index (χ0) is 14.5. The Kier molecular flexibility index (Phi) is 6.02. The average Bonchev–Trinajstić information content (AvgIpc) is 2.39. The fourth-order valence-corrected chi connectivity index (χ4v) is 3.50. The van der Waals surface area contributed by atoms with Crippen molar-refractivity contribution in [2.75, 3.05) is 30.9 Å². The lowest BCUT2D eigenvalue weighted by Crippen LogP contribution is -2.36. The van der Waals surface area contributed by atoms with Gasteiger partial charge in [0.2, 0.25) is 16.0 Å². The normalized spacial score (nSPS) is 13.5. The van der Waals surface area contributed by atoms with Gasteiger partial charge in [-0.2, -0.15) is 16.1 Å². The van der Waals surface area contributed by atoms with E-state index < -0.39 is 10.0 Å². The quantitative estimate of drug-likeness (QED) is 0.818. The Balaban J connectivity index is 2.93. The van der Waals surface area contributed by atoms with Crippen LogP contribution < -0.4 is 5.32 Å². The van der Waals surface area contributed by atoms with Gasteiger partial charge in [0.15, 0.2) is 0 Å². The SMILES string of the molecule is CCNc1ncc(S(=O)(=O)N(C)C(C)CSC)cn1. The number of nitrogens with one attached hydrogen (secondary N) is 1. The van der Waals surface area contributed by atoms with Crippen molar-refractivity contribution in [3.8, 4) is 0 Å². The van der Waals surface area contributed by atoms with Crippen molar-refractivity contribution in [1.29, 1.82) is 0 Å². The molecule has 0 saturated heterocycles. The van der Waals surface area contributed by atoms with E-state index in [-0.39, 0.29) is 10.9 Å². The van der Waals surface area contributed by atoms with Crippen LogP contribution in [-0.4, -0.2) is 54.3 Å². The minimum atomic E-state index is -3.52. The van der Waals surface area contributed by atoms with E-state index in [0.29, 0.717) is 12.5 Å². The molecule has 0 aliphatic rings. The van der Waals surface area contributed by atoms with Gasteiger partial charge in [-0.25, -0.2) is 18.4 Å². The Hall–Kier alpha value is -0.860. The number of hydrogen-bond donors (Lipinski definition) is 1. The number of rotatable bonds is 7. The fourth-order valence-electron chi connectivity index (χ4n) is 1.45. The van der Waals surface area contributed by atoms with Crippen molar-refractivity contribution in [3.05, 3.63) is 12.4 Å². The molecule has 0 aliphatic carbocycles. The molecular formula is C11H20N4O2S2. The summed E-state index contributed by atoms with van der Waals surface area (Å²) in [4.78, 5) is 8.09. The number of thioether (sulfide) groups is 1. The molecule has 0 radical (unpaired) electrons. The molecule has 6 nitrogen and oxygen atoms in total. The van der Waals surface area contributed by atoms with Crippen LogP contribution in [0.25, 0.3) is 0 Å². The van der Waals surface area contributed by atoms with Crippen LogP contribution in [-0.2, 0) is 10.0 Å². The van der Waals surface area contributed by atoms with Gasteiger partial charge in [0.05, 0.1) is 12.4 Å². The zero-order valence-corrected chi connectivity index (χ0v) is 13.3. The summed E-state index contributed by atoms with van der Waals surface area (Å²) in [6, 6.07) is -0.0755. The van der Waals surface area contributed by atoms with Crippen LogP contribution in [0.4, 0.5) is 5.95 Å². The summed E-state index contributed by atoms with van der Waals surface area (Å²) >= 11 is 1.61. The molecule has 1 heterocycles. The van der Waals surface area contributed by atoms with E-state index in [1.165, 1.54) is 16.7 Å². The van der Waals surface area contributed by atoms with Gasteiger partial charge < -0.3 is 5.32 Å². The fraction of sp³-hybridized carbons (Fsp3) is 0.636. The standard InChI is InChI=1S/C11H20N4O2S2/c1-5-12-11-13-6-10(7-14-11)19(16,17)15(3)9(2)8-18-4/h6-7,9H,5,8H2,1-4H3,(H,12,13,14). The topological polar surface area (TPSA) is 75.2 Å². The Bertz CT molecular complexity index is 490. The number of hydrogen-bond acceptors (Lipinski definition) is 6. The molecule has 1 aromatic heterocycles. The number of anilines is 1. The third kappa shape index (κ3) is 4.05. The summed E-state index contributed by atoms with van der Waals surface area (Å²) in [5, 5.41) is 2.92. The highest BCUT2D eigenvalue weighted by Crippen LogP contribution is 2.17. The molecule has 1 unspecified atom stereocenters. The monoisotopic (exact) mass is 304 g/mol. The molecule has 0 bridgehead atoms. The van der Waals surface area contributed by atoms with E-state index in [1.54, 1.807) is 18.8 Å². The Morgan fingerprint density at radius 2 is 2.00 bits per heavy atom. The first-order valence-electron chi connectivity index (χ1n) is 5.96. The molecule has 0 amide bonds. The van der Waals surface area contributed by atoms with E-state index in [4.69, 9.17) is 0 Å². The number of nitrogens with zero attached hydrogens (tertiary/aromatic N) is 3. The van der Waals surface area contributed by atoms with Crippen LogP contribution in [0.1, 0.15) is 13.8 Å². The van der Waals surface area contributed by atoms with Gasteiger partial charge in [-0.15, -0.1) is 0 Å². The zero-order valence-electron chi connectivity index (χ0n) is 11.6. The maximum atomic E-state index is 12.3. The van der Waals surface area contributed by atoms with Gasteiger partial charge >= 0.3 is 0 Å². The van der Waals surface area contributed by atoms with E-state index in [0.717, 1.165) is 5.75 Å². The molecule has 0 saturated carbocycles. The number of aromatic nitrogens is 2. The maximum absolute atomic E-state index is 12.3. The molecule has 1 aromatic rings. The third-order valence-corrected chi connectivity index (χ3v) is 5.41. The molecule has 0 aromatic carbocycles. The van der Waals surface area contributed by atoms with E-state index in [2.05, 4.69) is 15.3 Å². The van der Waals surface area contributed by atoms with Crippen molar-refractivity contribution in [2.24, 2.45) is 0 Å². The molecule has 1 atom stereocenters. The van der Waals surface area contributed by atoms with Gasteiger partial charge in [-0.1, -0.05) is 0 Å². The second-order valence-electron chi connectivity index (χ2n) is 4.10. The average molecular weight is 304 g/mol. The van der Waals surface area contributed by atoms with Gasteiger partial charge in [0.25, 0.3) is 0 Å². The minimum Gasteiger partial charge on any atom is -0.355 e. The molecule has 108 valence electrons. The smallest absolute Gasteiger partial charge is 0.246 e.